The second-order valence-corrected chi connectivity index (χ2v) is 14.5. The number of aromatic nitrogens is 2. The molecule has 0 N–H and O–H groups in total. The van der Waals surface area contributed by atoms with Crippen molar-refractivity contribution < 1.29 is 0 Å². The predicted octanol–water partition coefficient (Wildman–Crippen LogP) is 8.30. The lowest BCUT2D eigenvalue weighted by atomic mass is 9.39. The molecule has 0 aliphatic carbocycles. The summed E-state index contributed by atoms with van der Waals surface area (Å²) in [4.78, 5) is 2.65. The van der Waals surface area contributed by atoms with Crippen LogP contribution >= 0.6 is 0 Å². The summed E-state index contributed by atoms with van der Waals surface area (Å²) in [6.45, 7) is 0.121. The molecule has 51 heavy (non-hydrogen) atoms. The maximum Gasteiger partial charge on any atom is 0.332 e. The summed E-state index contributed by atoms with van der Waals surface area (Å²) in [5.74, 6) is 0. The van der Waals surface area contributed by atoms with Gasteiger partial charge in [-0.1, -0.05) is 121 Å². The van der Waals surface area contributed by atoms with Crippen molar-refractivity contribution in [2.45, 2.75) is 0 Å². The Morgan fingerprint density at radius 2 is 0.863 bits per heavy atom. The maximum atomic E-state index is 2.65. The molecule has 232 valence electrons. The number of hydrogen-bond acceptors (Lipinski definition) is 1. The van der Waals surface area contributed by atoms with Crippen LogP contribution < -0.4 is 26.8 Å². The van der Waals surface area contributed by atoms with Gasteiger partial charge in [0, 0.05) is 39.2 Å². The van der Waals surface area contributed by atoms with Gasteiger partial charge in [0.15, 0.2) is 0 Å². The van der Waals surface area contributed by atoms with Crippen molar-refractivity contribution in [1.29, 1.82) is 0 Å². The minimum Gasteiger partial charge on any atom is -0.382 e. The number of fused-ring (bicyclic) bond motifs is 10. The number of anilines is 3. The number of nitrogens with zero attached hydrogens (tertiary/aromatic N) is 3. The summed E-state index contributed by atoms with van der Waals surface area (Å²) in [6.07, 6.45) is 4.65. The zero-order valence-electron chi connectivity index (χ0n) is 27.6. The number of para-hydroxylation sites is 2. The Morgan fingerprint density at radius 3 is 1.35 bits per heavy atom. The van der Waals surface area contributed by atoms with Gasteiger partial charge in [-0.25, -0.2) is 0 Å². The topological polar surface area (TPSA) is 13.1 Å². The van der Waals surface area contributed by atoms with Crippen molar-refractivity contribution in [2.24, 2.45) is 0 Å². The van der Waals surface area contributed by atoms with E-state index in [1.807, 2.05) is 0 Å². The summed E-state index contributed by atoms with van der Waals surface area (Å²) in [6, 6.07) is 56.9. The van der Waals surface area contributed by atoms with Gasteiger partial charge in [0.25, 0.3) is 0 Å². The van der Waals surface area contributed by atoms with Gasteiger partial charge in [-0.05, 0) is 109 Å². The van der Waals surface area contributed by atoms with Gasteiger partial charge >= 0.3 is 13.7 Å². The van der Waals surface area contributed by atoms with Crippen LogP contribution in [0.25, 0.3) is 66.3 Å². The second kappa shape index (κ2) is 9.21. The smallest absolute Gasteiger partial charge is 0.332 e. The number of rotatable bonds is 2. The molecular weight excluding hydrogens is 616 g/mol. The van der Waals surface area contributed by atoms with Crippen LogP contribution in [0.1, 0.15) is 0 Å². The lowest BCUT2D eigenvalue weighted by molar-refractivity contribution is 1.21. The van der Waals surface area contributed by atoms with Crippen LogP contribution in [0.3, 0.4) is 0 Å². The van der Waals surface area contributed by atoms with Crippen molar-refractivity contribution in [2.75, 3.05) is 4.90 Å². The first-order valence-corrected chi connectivity index (χ1v) is 17.9. The van der Waals surface area contributed by atoms with Gasteiger partial charge in [-0.2, -0.15) is 0 Å². The van der Waals surface area contributed by atoms with Crippen LogP contribution in [0, 0.1) is 0 Å². The molecule has 0 unspecified atom stereocenters. The van der Waals surface area contributed by atoms with Crippen LogP contribution in [-0.2, 0) is 0 Å². The average Bonchev–Trinajstić information content (AvgIpc) is 3.83. The molecule has 13 rings (SSSR count). The SMILES string of the molecule is c1ccc(-c2ccc3c(c2)N2c4cc(-c5ccccc5)ccc4B4c5c(cc6c(c52)B3n2ccc3cccc-6c32)-c2cccc3ccn4c23)cc1. The fourth-order valence-corrected chi connectivity index (χ4v) is 10.1. The van der Waals surface area contributed by atoms with Gasteiger partial charge in [0.1, 0.15) is 0 Å². The van der Waals surface area contributed by atoms with E-state index in [1.165, 1.54) is 105 Å². The van der Waals surface area contributed by atoms with Gasteiger partial charge in [-0.15, -0.1) is 0 Å². The van der Waals surface area contributed by atoms with E-state index in [1.54, 1.807) is 0 Å². The van der Waals surface area contributed by atoms with Gasteiger partial charge in [-0.3, -0.25) is 0 Å². The molecule has 0 bridgehead atoms. The van der Waals surface area contributed by atoms with E-state index in [0.717, 1.165) is 0 Å². The molecular formula is C46H27B2N3. The Kier molecular flexibility index (Phi) is 4.77. The van der Waals surface area contributed by atoms with Crippen molar-refractivity contribution in [1.82, 2.24) is 8.96 Å². The minimum absolute atomic E-state index is 0.0603. The van der Waals surface area contributed by atoms with Crippen LogP contribution in [0.4, 0.5) is 17.1 Å². The van der Waals surface area contributed by atoms with E-state index < -0.39 is 0 Å². The molecule has 0 fully saturated rings. The third-order valence-corrected chi connectivity index (χ3v) is 12.1. The molecule has 0 spiro atoms. The largest absolute Gasteiger partial charge is 0.382 e. The van der Waals surface area contributed by atoms with Crippen LogP contribution in [0.5, 0.6) is 0 Å². The molecule has 0 saturated carbocycles. The Balaban J connectivity index is 1.22. The van der Waals surface area contributed by atoms with Crippen molar-refractivity contribution >= 4 is 74.4 Å². The Labute approximate surface area is 295 Å². The molecule has 2 aromatic heterocycles. The Morgan fingerprint density at radius 1 is 0.373 bits per heavy atom. The summed E-state index contributed by atoms with van der Waals surface area (Å²) in [7, 11) is 0. The molecule has 0 atom stereocenters. The van der Waals surface area contributed by atoms with Crippen molar-refractivity contribution in [3.05, 3.63) is 164 Å². The molecule has 4 aliphatic heterocycles. The van der Waals surface area contributed by atoms with E-state index >= 15 is 0 Å². The second-order valence-electron chi connectivity index (χ2n) is 14.5. The normalized spacial score (nSPS) is 13.8. The fraction of sp³-hybridized carbons (Fsp3) is 0. The van der Waals surface area contributed by atoms with E-state index in [0.29, 0.717) is 0 Å². The van der Waals surface area contributed by atoms with Gasteiger partial charge < -0.3 is 13.9 Å². The third kappa shape index (κ3) is 3.19. The molecule has 9 aromatic rings. The summed E-state index contributed by atoms with van der Waals surface area (Å²) < 4.78 is 5.12. The highest BCUT2D eigenvalue weighted by atomic mass is 15.2. The molecule has 3 nitrogen and oxygen atoms in total. The fourth-order valence-electron chi connectivity index (χ4n) is 10.1. The Hall–Kier alpha value is -6.45. The quantitative estimate of drug-likeness (QED) is 0.173. The first kappa shape index (κ1) is 26.4. The summed E-state index contributed by atoms with van der Waals surface area (Å²) in [5.41, 5.74) is 22.3. The standard InChI is InChI=1S/C46H27B2N3/c1-3-9-28(10-4-1)32-17-19-38-40(25-32)51-41-26-33(29-11-5-2-6-12-29)18-20-39(41)48-43-37(35-16-8-14-31-22-24-50(48)45(31)35)27-36-34-15-7-13-30-21-23-49(44(30)34)47(38)42(36)46(43)51/h1-27H. The Bertz CT molecular complexity index is 2790. The molecule has 7 aromatic carbocycles. The molecule has 5 heteroatoms. The van der Waals surface area contributed by atoms with Crippen LogP contribution in [0.2, 0.25) is 0 Å². The molecule has 0 amide bonds. The number of hydrogen-bond donors (Lipinski definition) is 0. The zero-order valence-corrected chi connectivity index (χ0v) is 27.6. The van der Waals surface area contributed by atoms with Crippen molar-refractivity contribution in [3.8, 4) is 44.5 Å². The van der Waals surface area contributed by atoms with E-state index in [-0.39, 0.29) is 13.7 Å². The maximum absolute atomic E-state index is 2.65. The molecule has 4 aliphatic rings. The zero-order chi connectivity index (χ0) is 32.9. The lowest BCUT2D eigenvalue weighted by Gasteiger charge is -2.47. The first-order valence-electron chi connectivity index (χ1n) is 17.9. The van der Waals surface area contributed by atoms with E-state index in [4.69, 9.17) is 0 Å². The number of benzene rings is 7. The van der Waals surface area contributed by atoms with Gasteiger partial charge in [0.05, 0.1) is 0 Å². The van der Waals surface area contributed by atoms with E-state index in [9.17, 15) is 0 Å². The highest BCUT2D eigenvalue weighted by Gasteiger charge is 2.50. The average molecular weight is 643 g/mol. The summed E-state index contributed by atoms with van der Waals surface area (Å²) in [5, 5.41) is 2.59. The van der Waals surface area contributed by atoms with E-state index in [2.05, 4.69) is 178 Å². The van der Waals surface area contributed by atoms with Crippen LogP contribution in [0.15, 0.2) is 164 Å². The molecule has 0 saturated heterocycles. The molecule has 0 radical (unpaired) electrons. The summed E-state index contributed by atoms with van der Waals surface area (Å²) >= 11 is 0. The first-order chi connectivity index (χ1) is 25.3. The third-order valence-electron chi connectivity index (χ3n) is 12.1. The lowest BCUT2D eigenvalue weighted by Crippen LogP contribution is -2.64. The highest BCUT2D eigenvalue weighted by molar-refractivity contribution is 6.94. The van der Waals surface area contributed by atoms with Gasteiger partial charge in [0.2, 0.25) is 0 Å². The minimum atomic E-state index is 0.0603. The van der Waals surface area contributed by atoms with Crippen LogP contribution in [-0.4, -0.2) is 22.7 Å². The predicted molar refractivity (Wildman–Crippen MR) is 215 cm³/mol. The highest BCUT2D eigenvalue weighted by Crippen LogP contribution is 2.48. The van der Waals surface area contributed by atoms with Crippen molar-refractivity contribution in [3.63, 3.8) is 0 Å². The monoisotopic (exact) mass is 643 g/mol. The molecule has 6 heterocycles.